The molecule has 0 spiro atoms. The van der Waals surface area contributed by atoms with Gasteiger partial charge in [-0.3, -0.25) is 4.79 Å². The number of amides is 1. The van der Waals surface area contributed by atoms with Crippen LogP contribution >= 0.6 is 0 Å². The maximum atomic E-state index is 13.0. The third kappa shape index (κ3) is 5.13. The summed E-state index contributed by atoms with van der Waals surface area (Å²) >= 11 is 0. The number of aryl methyl sites for hydroxylation is 1. The van der Waals surface area contributed by atoms with E-state index in [1.165, 1.54) is 12.1 Å². The molecular formula is C22H23FN2O4. The number of oxazole rings is 1. The molecule has 0 bridgehead atoms. The lowest BCUT2D eigenvalue weighted by atomic mass is 10.1. The predicted molar refractivity (Wildman–Crippen MR) is 106 cm³/mol. The largest absolute Gasteiger partial charge is 0.497 e. The standard InChI is InChI=1S/C22H23FN2O4/c1-14(15-4-6-16(23)7-5-15)25-21(26)10-11-22-24-13-20(29-22)18-9-8-17(27-2)12-19(18)28-3/h4-9,12-14H,10-11H2,1-3H3,(H,25,26)/t14-/m1/s1. The van der Waals surface area contributed by atoms with Crippen LogP contribution in [-0.4, -0.2) is 25.1 Å². The SMILES string of the molecule is COc1ccc(-c2cnc(CCC(=O)N[C@H](C)c3ccc(F)cc3)o2)c(OC)c1. The number of carbonyl (C=O) groups is 1. The van der Waals surface area contributed by atoms with Crippen LogP contribution in [0.15, 0.2) is 53.1 Å². The highest BCUT2D eigenvalue weighted by molar-refractivity contribution is 5.76. The van der Waals surface area contributed by atoms with Crippen LogP contribution in [0.4, 0.5) is 4.39 Å². The number of halogens is 1. The lowest BCUT2D eigenvalue weighted by Gasteiger charge is -2.14. The Labute approximate surface area is 168 Å². The molecule has 29 heavy (non-hydrogen) atoms. The highest BCUT2D eigenvalue weighted by atomic mass is 19.1. The van der Waals surface area contributed by atoms with E-state index in [-0.39, 0.29) is 24.2 Å². The van der Waals surface area contributed by atoms with Crippen molar-refractivity contribution < 1.29 is 23.1 Å². The first-order valence-electron chi connectivity index (χ1n) is 9.22. The van der Waals surface area contributed by atoms with Gasteiger partial charge in [0, 0.05) is 18.9 Å². The topological polar surface area (TPSA) is 73.6 Å². The third-order valence-corrected chi connectivity index (χ3v) is 4.54. The van der Waals surface area contributed by atoms with Gasteiger partial charge >= 0.3 is 0 Å². The zero-order chi connectivity index (χ0) is 20.8. The second kappa shape index (κ2) is 9.23. The fraction of sp³-hybridized carbons (Fsp3) is 0.273. The van der Waals surface area contributed by atoms with Crippen LogP contribution in [-0.2, 0) is 11.2 Å². The molecule has 7 heteroatoms. The fourth-order valence-corrected chi connectivity index (χ4v) is 2.92. The average Bonchev–Trinajstić information content (AvgIpc) is 3.21. The van der Waals surface area contributed by atoms with Crippen LogP contribution in [0, 0.1) is 5.82 Å². The van der Waals surface area contributed by atoms with Gasteiger partial charge in [0.25, 0.3) is 0 Å². The molecule has 0 saturated carbocycles. The first-order valence-corrected chi connectivity index (χ1v) is 9.22. The number of methoxy groups -OCH3 is 2. The van der Waals surface area contributed by atoms with Crippen LogP contribution in [0.3, 0.4) is 0 Å². The summed E-state index contributed by atoms with van der Waals surface area (Å²) < 4.78 is 29.4. The lowest BCUT2D eigenvalue weighted by Crippen LogP contribution is -2.26. The molecule has 3 aromatic rings. The molecule has 1 amide bonds. The van der Waals surface area contributed by atoms with Crippen molar-refractivity contribution in [2.45, 2.75) is 25.8 Å². The van der Waals surface area contributed by atoms with Gasteiger partial charge in [-0.15, -0.1) is 0 Å². The van der Waals surface area contributed by atoms with Crippen LogP contribution in [0.5, 0.6) is 11.5 Å². The van der Waals surface area contributed by atoms with Gasteiger partial charge in [-0.2, -0.15) is 0 Å². The number of nitrogens with zero attached hydrogens (tertiary/aromatic N) is 1. The maximum Gasteiger partial charge on any atom is 0.220 e. The van der Waals surface area contributed by atoms with Crippen molar-refractivity contribution in [3.05, 3.63) is 65.9 Å². The Bertz CT molecular complexity index is 969. The first kappa shape index (κ1) is 20.4. The van der Waals surface area contributed by atoms with Crippen molar-refractivity contribution in [1.29, 1.82) is 0 Å². The van der Waals surface area contributed by atoms with E-state index < -0.39 is 0 Å². The minimum Gasteiger partial charge on any atom is -0.497 e. The van der Waals surface area contributed by atoms with Gasteiger partial charge in [-0.05, 0) is 36.8 Å². The number of carbonyl (C=O) groups excluding carboxylic acids is 1. The molecule has 0 aliphatic carbocycles. The summed E-state index contributed by atoms with van der Waals surface area (Å²) in [5.74, 6) is 1.86. The number of nitrogens with one attached hydrogen (secondary N) is 1. The summed E-state index contributed by atoms with van der Waals surface area (Å²) in [4.78, 5) is 16.5. The van der Waals surface area contributed by atoms with E-state index in [1.54, 1.807) is 38.6 Å². The van der Waals surface area contributed by atoms with E-state index in [0.29, 0.717) is 29.6 Å². The number of hydrogen-bond acceptors (Lipinski definition) is 5. The van der Waals surface area contributed by atoms with Gasteiger partial charge < -0.3 is 19.2 Å². The molecular weight excluding hydrogens is 375 g/mol. The Balaban J connectivity index is 1.59. The molecule has 1 N–H and O–H groups in total. The zero-order valence-corrected chi connectivity index (χ0v) is 16.6. The monoisotopic (exact) mass is 398 g/mol. The molecule has 2 aromatic carbocycles. The molecule has 1 atom stereocenters. The first-order chi connectivity index (χ1) is 14.0. The lowest BCUT2D eigenvalue weighted by molar-refractivity contribution is -0.121. The number of benzene rings is 2. The molecule has 6 nitrogen and oxygen atoms in total. The average molecular weight is 398 g/mol. The molecule has 0 saturated heterocycles. The Hall–Kier alpha value is -3.35. The fourth-order valence-electron chi connectivity index (χ4n) is 2.92. The summed E-state index contributed by atoms with van der Waals surface area (Å²) in [6.45, 7) is 1.85. The van der Waals surface area contributed by atoms with E-state index in [0.717, 1.165) is 11.1 Å². The van der Waals surface area contributed by atoms with Crippen LogP contribution < -0.4 is 14.8 Å². The smallest absolute Gasteiger partial charge is 0.220 e. The van der Waals surface area contributed by atoms with Crippen LogP contribution in [0.25, 0.3) is 11.3 Å². The number of rotatable bonds is 8. The minimum atomic E-state index is -0.305. The normalized spacial score (nSPS) is 11.7. The van der Waals surface area contributed by atoms with E-state index in [1.807, 2.05) is 19.1 Å². The Kier molecular flexibility index (Phi) is 6.49. The van der Waals surface area contributed by atoms with E-state index in [9.17, 15) is 9.18 Å². The van der Waals surface area contributed by atoms with Crippen molar-refractivity contribution in [2.24, 2.45) is 0 Å². The highest BCUT2D eigenvalue weighted by Gasteiger charge is 2.15. The molecule has 0 aliphatic heterocycles. The Morgan fingerprint density at radius 3 is 2.62 bits per heavy atom. The third-order valence-electron chi connectivity index (χ3n) is 4.54. The van der Waals surface area contributed by atoms with Crippen LogP contribution in [0.2, 0.25) is 0 Å². The molecule has 152 valence electrons. The second-order valence-corrected chi connectivity index (χ2v) is 6.53. The molecule has 1 heterocycles. The molecule has 1 aromatic heterocycles. The van der Waals surface area contributed by atoms with Gasteiger partial charge in [0.2, 0.25) is 5.91 Å². The Morgan fingerprint density at radius 2 is 1.93 bits per heavy atom. The predicted octanol–water partition coefficient (Wildman–Crippen LogP) is 4.31. The molecule has 3 rings (SSSR count). The van der Waals surface area contributed by atoms with Crippen molar-refractivity contribution in [3.8, 4) is 22.8 Å². The summed E-state index contributed by atoms with van der Waals surface area (Å²) in [7, 11) is 3.16. The van der Waals surface area contributed by atoms with Crippen molar-refractivity contribution in [1.82, 2.24) is 10.3 Å². The molecule has 0 aliphatic rings. The van der Waals surface area contributed by atoms with Crippen LogP contribution in [0.1, 0.15) is 30.8 Å². The number of hydrogen-bond donors (Lipinski definition) is 1. The molecule has 0 unspecified atom stereocenters. The van der Waals surface area contributed by atoms with Gasteiger partial charge in [0.1, 0.15) is 17.3 Å². The quantitative estimate of drug-likeness (QED) is 0.612. The van der Waals surface area contributed by atoms with Crippen molar-refractivity contribution >= 4 is 5.91 Å². The molecule has 0 radical (unpaired) electrons. The molecule has 0 fully saturated rings. The minimum absolute atomic E-state index is 0.136. The second-order valence-electron chi connectivity index (χ2n) is 6.53. The summed E-state index contributed by atoms with van der Waals surface area (Å²) in [5, 5.41) is 2.89. The Morgan fingerprint density at radius 1 is 1.17 bits per heavy atom. The van der Waals surface area contributed by atoms with E-state index in [4.69, 9.17) is 13.9 Å². The van der Waals surface area contributed by atoms with E-state index >= 15 is 0 Å². The number of aromatic nitrogens is 1. The van der Waals surface area contributed by atoms with Gasteiger partial charge in [0.15, 0.2) is 11.7 Å². The van der Waals surface area contributed by atoms with Gasteiger partial charge in [-0.1, -0.05) is 12.1 Å². The summed E-state index contributed by atoms with van der Waals surface area (Å²) in [5.41, 5.74) is 1.59. The van der Waals surface area contributed by atoms with Crippen molar-refractivity contribution in [2.75, 3.05) is 14.2 Å². The van der Waals surface area contributed by atoms with Gasteiger partial charge in [-0.25, -0.2) is 9.37 Å². The van der Waals surface area contributed by atoms with Crippen molar-refractivity contribution in [3.63, 3.8) is 0 Å². The van der Waals surface area contributed by atoms with Gasteiger partial charge in [0.05, 0.1) is 32.0 Å². The number of ether oxygens (including phenoxy) is 2. The summed E-state index contributed by atoms with van der Waals surface area (Å²) in [6, 6.07) is 11.3. The van der Waals surface area contributed by atoms with E-state index in [2.05, 4.69) is 10.3 Å². The zero-order valence-electron chi connectivity index (χ0n) is 16.6. The maximum absolute atomic E-state index is 13.0. The highest BCUT2D eigenvalue weighted by Crippen LogP contribution is 2.33. The summed E-state index contributed by atoms with van der Waals surface area (Å²) in [6.07, 6.45) is 2.20.